The summed E-state index contributed by atoms with van der Waals surface area (Å²) in [6.45, 7) is 10.7. The van der Waals surface area contributed by atoms with Crippen LogP contribution in [0, 0.1) is 20.8 Å². The SMILES string of the molecule is CCNC(=NCc1c(C)cc(C)cc1C)NCc1ccnn1C. The topological polar surface area (TPSA) is 54.2 Å². The first kappa shape index (κ1) is 17.1. The summed E-state index contributed by atoms with van der Waals surface area (Å²) in [5.74, 6) is 0.827. The molecule has 0 bridgehead atoms. The first-order valence-electron chi connectivity index (χ1n) is 8.07. The summed E-state index contributed by atoms with van der Waals surface area (Å²) >= 11 is 0. The minimum Gasteiger partial charge on any atom is -0.357 e. The summed E-state index contributed by atoms with van der Waals surface area (Å²) in [6.07, 6.45) is 1.81. The maximum atomic E-state index is 4.73. The van der Waals surface area contributed by atoms with Crippen molar-refractivity contribution in [1.29, 1.82) is 0 Å². The molecule has 1 aromatic heterocycles. The summed E-state index contributed by atoms with van der Waals surface area (Å²) < 4.78 is 1.87. The predicted octanol–water partition coefficient (Wildman–Crippen LogP) is 2.60. The van der Waals surface area contributed by atoms with Gasteiger partial charge >= 0.3 is 0 Å². The molecule has 23 heavy (non-hydrogen) atoms. The molecule has 0 atom stereocenters. The summed E-state index contributed by atoms with van der Waals surface area (Å²) in [4.78, 5) is 4.73. The molecule has 0 saturated carbocycles. The van der Waals surface area contributed by atoms with Crippen LogP contribution in [0.4, 0.5) is 0 Å². The van der Waals surface area contributed by atoms with Gasteiger partial charge in [0.05, 0.1) is 18.8 Å². The largest absolute Gasteiger partial charge is 0.357 e. The van der Waals surface area contributed by atoms with Crippen LogP contribution in [-0.4, -0.2) is 22.3 Å². The predicted molar refractivity (Wildman–Crippen MR) is 95.5 cm³/mol. The minimum absolute atomic E-state index is 0.679. The summed E-state index contributed by atoms with van der Waals surface area (Å²) in [6, 6.07) is 6.44. The fourth-order valence-electron chi connectivity index (χ4n) is 2.71. The lowest BCUT2D eigenvalue weighted by molar-refractivity contribution is 0.684. The van der Waals surface area contributed by atoms with Gasteiger partial charge in [-0.25, -0.2) is 4.99 Å². The van der Waals surface area contributed by atoms with E-state index in [0.717, 1.165) is 18.2 Å². The maximum absolute atomic E-state index is 4.73. The molecular weight excluding hydrogens is 286 g/mol. The Balaban J connectivity index is 2.08. The molecule has 0 spiro atoms. The molecule has 0 aliphatic heterocycles. The number of benzene rings is 1. The number of rotatable bonds is 5. The van der Waals surface area contributed by atoms with Gasteiger partial charge in [-0.15, -0.1) is 0 Å². The lowest BCUT2D eigenvalue weighted by Crippen LogP contribution is -2.37. The number of aliphatic imine (C=N–C) groups is 1. The van der Waals surface area contributed by atoms with Gasteiger partial charge in [0.15, 0.2) is 5.96 Å². The van der Waals surface area contributed by atoms with Crippen LogP contribution in [0.1, 0.15) is 34.9 Å². The summed E-state index contributed by atoms with van der Waals surface area (Å²) in [5.41, 5.74) is 6.32. The Morgan fingerprint density at radius 2 is 1.87 bits per heavy atom. The zero-order chi connectivity index (χ0) is 16.8. The van der Waals surface area contributed by atoms with E-state index in [1.165, 1.54) is 22.3 Å². The molecule has 5 heteroatoms. The quantitative estimate of drug-likeness (QED) is 0.659. The highest BCUT2D eigenvalue weighted by Gasteiger charge is 2.05. The third-order valence-corrected chi connectivity index (χ3v) is 3.94. The average molecular weight is 313 g/mol. The van der Waals surface area contributed by atoms with E-state index < -0.39 is 0 Å². The van der Waals surface area contributed by atoms with Gasteiger partial charge in [0, 0.05) is 19.8 Å². The first-order chi connectivity index (χ1) is 11.0. The molecule has 0 aliphatic carbocycles. The molecule has 2 aromatic rings. The molecular formula is C18H27N5. The third kappa shape index (κ3) is 4.58. The number of hydrogen-bond donors (Lipinski definition) is 2. The van der Waals surface area contributed by atoms with Crippen LogP contribution in [0.3, 0.4) is 0 Å². The second-order valence-corrected chi connectivity index (χ2v) is 5.87. The van der Waals surface area contributed by atoms with Gasteiger partial charge in [0.2, 0.25) is 0 Å². The van der Waals surface area contributed by atoms with Crippen molar-refractivity contribution in [3.05, 3.63) is 52.3 Å². The number of aryl methyl sites for hydroxylation is 4. The van der Waals surface area contributed by atoms with Gasteiger partial charge in [-0.3, -0.25) is 4.68 Å². The Hall–Kier alpha value is -2.30. The van der Waals surface area contributed by atoms with Crippen LogP contribution in [-0.2, 0) is 20.1 Å². The Bertz CT molecular complexity index is 661. The van der Waals surface area contributed by atoms with E-state index in [-0.39, 0.29) is 0 Å². The summed E-state index contributed by atoms with van der Waals surface area (Å²) in [5, 5.41) is 10.8. The van der Waals surface area contributed by atoms with Crippen molar-refractivity contribution in [2.75, 3.05) is 6.54 Å². The molecule has 124 valence electrons. The monoisotopic (exact) mass is 313 g/mol. The van der Waals surface area contributed by atoms with Crippen LogP contribution in [0.25, 0.3) is 0 Å². The molecule has 0 radical (unpaired) electrons. The molecule has 0 amide bonds. The van der Waals surface area contributed by atoms with Crippen molar-refractivity contribution >= 4 is 5.96 Å². The Labute approximate surface area is 138 Å². The molecule has 0 unspecified atom stereocenters. The van der Waals surface area contributed by atoms with Crippen molar-refractivity contribution in [1.82, 2.24) is 20.4 Å². The molecule has 5 nitrogen and oxygen atoms in total. The zero-order valence-corrected chi connectivity index (χ0v) is 14.8. The number of aromatic nitrogens is 2. The number of hydrogen-bond acceptors (Lipinski definition) is 2. The zero-order valence-electron chi connectivity index (χ0n) is 14.8. The van der Waals surface area contributed by atoms with Crippen LogP contribution >= 0.6 is 0 Å². The van der Waals surface area contributed by atoms with Gasteiger partial charge in [0.25, 0.3) is 0 Å². The van der Waals surface area contributed by atoms with Gasteiger partial charge in [0.1, 0.15) is 0 Å². The third-order valence-electron chi connectivity index (χ3n) is 3.94. The van der Waals surface area contributed by atoms with Crippen molar-refractivity contribution in [3.63, 3.8) is 0 Å². The lowest BCUT2D eigenvalue weighted by atomic mass is 10.00. The number of nitrogens with one attached hydrogen (secondary N) is 2. The minimum atomic E-state index is 0.679. The van der Waals surface area contributed by atoms with Gasteiger partial charge in [-0.2, -0.15) is 5.10 Å². The van der Waals surface area contributed by atoms with E-state index >= 15 is 0 Å². The highest BCUT2D eigenvalue weighted by atomic mass is 15.3. The van der Waals surface area contributed by atoms with Gasteiger partial charge < -0.3 is 10.6 Å². The highest BCUT2D eigenvalue weighted by Crippen LogP contribution is 2.17. The Morgan fingerprint density at radius 1 is 1.17 bits per heavy atom. The highest BCUT2D eigenvalue weighted by molar-refractivity contribution is 5.79. The van der Waals surface area contributed by atoms with E-state index in [1.54, 1.807) is 6.20 Å². The smallest absolute Gasteiger partial charge is 0.191 e. The number of guanidine groups is 1. The molecule has 0 aliphatic rings. The van der Waals surface area contributed by atoms with E-state index in [2.05, 4.69) is 55.6 Å². The molecule has 2 N–H and O–H groups in total. The molecule has 1 aromatic carbocycles. The molecule has 0 fully saturated rings. The normalized spacial score (nSPS) is 11.6. The maximum Gasteiger partial charge on any atom is 0.191 e. The van der Waals surface area contributed by atoms with Crippen LogP contribution < -0.4 is 10.6 Å². The Kier molecular flexibility index (Phi) is 5.79. The standard InChI is InChI=1S/C18H27N5/c1-6-19-18(20-11-16-7-8-22-23(16)5)21-12-17-14(3)9-13(2)10-15(17)4/h7-10H,6,11-12H2,1-5H3,(H2,19,20,21). The van der Waals surface area contributed by atoms with E-state index in [4.69, 9.17) is 4.99 Å². The Morgan fingerprint density at radius 3 is 2.43 bits per heavy atom. The molecule has 0 saturated heterocycles. The van der Waals surface area contributed by atoms with E-state index in [0.29, 0.717) is 13.1 Å². The van der Waals surface area contributed by atoms with Crippen LogP contribution in [0.15, 0.2) is 29.4 Å². The van der Waals surface area contributed by atoms with Crippen molar-refractivity contribution in [2.45, 2.75) is 40.8 Å². The number of nitrogens with zero attached hydrogens (tertiary/aromatic N) is 3. The average Bonchev–Trinajstić information content (AvgIpc) is 2.88. The molecule has 2 rings (SSSR count). The van der Waals surface area contributed by atoms with Crippen molar-refractivity contribution in [3.8, 4) is 0 Å². The fourth-order valence-corrected chi connectivity index (χ4v) is 2.71. The van der Waals surface area contributed by atoms with Crippen LogP contribution in [0.5, 0.6) is 0 Å². The van der Waals surface area contributed by atoms with E-state index in [1.807, 2.05) is 17.8 Å². The van der Waals surface area contributed by atoms with Crippen molar-refractivity contribution in [2.24, 2.45) is 12.0 Å². The first-order valence-corrected chi connectivity index (χ1v) is 8.07. The molecule has 1 heterocycles. The second-order valence-electron chi connectivity index (χ2n) is 5.87. The van der Waals surface area contributed by atoms with Gasteiger partial charge in [-0.05, 0) is 50.5 Å². The van der Waals surface area contributed by atoms with Crippen molar-refractivity contribution < 1.29 is 0 Å². The van der Waals surface area contributed by atoms with Gasteiger partial charge in [-0.1, -0.05) is 17.7 Å². The fraction of sp³-hybridized carbons (Fsp3) is 0.444. The lowest BCUT2D eigenvalue weighted by Gasteiger charge is -2.13. The summed E-state index contributed by atoms with van der Waals surface area (Å²) in [7, 11) is 1.94. The van der Waals surface area contributed by atoms with Crippen LogP contribution in [0.2, 0.25) is 0 Å². The van der Waals surface area contributed by atoms with E-state index in [9.17, 15) is 0 Å². The second kappa shape index (κ2) is 7.81.